The van der Waals surface area contributed by atoms with E-state index in [4.69, 9.17) is 4.42 Å². The monoisotopic (exact) mass is 308 g/mol. The van der Waals surface area contributed by atoms with Gasteiger partial charge in [-0.3, -0.25) is 0 Å². The summed E-state index contributed by atoms with van der Waals surface area (Å²) in [6, 6.07) is 12.0. The Morgan fingerprint density at radius 2 is 1.91 bits per heavy atom. The Bertz CT molecular complexity index is 797. The molecule has 0 aliphatic rings. The van der Waals surface area contributed by atoms with Crippen molar-refractivity contribution in [1.29, 1.82) is 0 Å². The van der Waals surface area contributed by atoms with Crippen LogP contribution in [0, 0.1) is 20.8 Å². The molecule has 0 fully saturated rings. The van der Waals surface area contributed by atoms with Gasteiger partial charge in [-0.25, -0.2) is 4.98 Å². The van der Waals surface area contributed by atoms with Gasteiger partial charge >= 0.3 is 0 Å². The third kappa shape index (κ3) is 3.88. The van der Waals surface area contributed by atoms with E-state index in [1.165, 1.54) is 5.56 Å². The molecule has 1 aromatic carbocycles. The summed E-state index contributed by atoms with van der Waals surface area (Å²) in [5, 5.41) is 6.56. The molecule has 0 aliphatic heterocycles. The molecule has 2 heterocycles. The molecule has 0 radical (unpaired) electrons. The number of hydrogen-bond acceptors (Lipinski definition) is 5. The lowest BCUT2D eigenvalue weighted by molar-refractivity contribution is 0.518. The zero-order chi connectivity index (χ0) is 16.2. The Hall–Kier alpha value is -2.82. The van der Waals surface area contributed by atoms with Crippen LogP contribution in [0.5, 0.6) is 0 Å². The molecule has 3 aromatic rings. The van der Waals surface area contributed by atoms with Crippen LogP contribution in [-0.2, 0) is 6.54 Å². The van der Waals surface area contributed by atoms with E-state index in [0.717, 1.165) is 28.5 Å². The summed E-state index contributed by atoms with van der Waals surface area (Å²) in [5.41, 5.74) is 4.27. The molecule has 0 bridgehead atoms. The zero-order valence-corrected chi connectivity index (χ0v) is 13.6. The van der Waals surface area contributed by atoms with Gasteiger partial charge in [-0.2, -0.15) is 4.98 Å². The molecule has 0 atom stereocenters. The van der Waals surface area contributed by atoms with E-state index >= 15 is 0 Å². The maximum atomic E-state index is 5.32. The SMILES string of the molecule is Cc1ccc(C)c(Nc2nc(C)cc(NCc3ccco3)n2)c1. The molecule has 0 aliphatic carbocycles. The van der Waals surface area contributed by atoms with Crippen LogP contribution in [-0.4, -0.2) is 9.97 Å². The first-order chi connectivity index (χ1) is 11.1. The molecule has 2 N–H and O–H groups in total. The first kappa shape index (κ1) is 15.1. The highest BCUT2D eigenvalue weighted by Gasteiger charge is 2.06. The highest BCUT2D eigenvalue weighted by atomic mass is 16.3. The summed E-state index contributed by atoms with van der Waals surface area (Å²) in [6.07, 6.45) is 1.66. The van der Waals surface area contributed by atoms with E-state index in [2.05, 4.69) is 52.6 Å². The highest BCUT2D eigenvalue weighted by Crippen LogP contribution is 2.21. The van der Waals surface area contributed by atoms with Gasteiger partial charge < -0.3 is 15.1 Å². The summed E-state index contributed by atoms with van der Waals surface area (Å²) < 4.78 is 5.32. The largest absolute Gasteiger partial charge is 0.467 e. The van der Waals surface area contributed by atoms with Crippen LogP contribution < -0.4 is 10.6 Å². The number of nitrogens with zero attached hydrogens (tertiary/aromatic N) is 2. The van der Waals surface area contributed by atoms with Crippen molar-refractivity contribution >= 4 is 17.5 Å². The van der Waals surface area contributed by atoms with Crippen LogP contribution in [0.3, 0.4) is 0 Å². The molecule has 5 nitrogen and oxygen atoms in total. The number of aryl methyl sites for hydroxylation is 3. The molecule has 2 aromatic heterocycles. The minimum absolute atomic E-state index is 0.584. The summed E-state index contributed by atoms with van der Waals surface area (Å²) in [7, 11) is 0. The lowest BCUT2D eigenvalue weighted by atomic mass is 10.1. The normalized spacial score (nSPS) is 10.6. The van der Waals surface area contributed by atoms with Crippen molar-refractivity contribution in [1.82, 2.24) is 9.97 Å². The van der Waals surface area contributed by atoms with Gasteiger partial charge in [0, 0.05) is 17.4 Å². The molecule has 0 saturated carbocycles. The van der Waals surface area contributed by atoms with Crippen molar-refractivity contribution in [3.05, 3.63) is 65.2 Å². The van der Waals surface area contributed by atoms with Gasteiger partial charge in [-0.15, -0.1) is 0 Å². The fourth-order valence-corrected chi connectivity index (χ4v) is 2.30. The number of rotatable bonds is 5. The third-order valence-corrected chi connectivity index (χ3v) is 3.52. The van der Waals surface area contributed by atoms with Gasteiger partial charge in [-0.1, -0.05) is 12.1 Å². The molecule has 5 heteroatoms. The average molecular weight is 308 g/mol. The Morgan fingerprint density at radius 1 is 1.04 bits per heavy atom. The lowest BCUT2D eigenvalue weighted by Crippen LogP contribution is -2.05. The standard InChI is InChI=1S/C18H20N4O/c1-12-6-7-13(2)16(9-12)21-18-20-14(3)10-17(22-18)19-11-15-5-4-8-23-15/h4-10H,11H2,1-3H3,(H2,19,20,21,22). The van der Waals surface area contributed by atoms with Crippen LogP contribution in [0.4, 0.5) is 17.5 Å². The Labute approximate surface area is 135 Å². The van der Waals surface area contributed by atoms with Crippen molar-refractivity contribution < 1.29 is 4.42 Å². The van der Waals surface area contributed by atoms with Crippen molar-refractivity contribution in [2.45, 2.75) is 27.3 Å². The van der Waals surface area contributed by atoms with E-state index in [1.807, 2.05) is 25.1 Å². The summed E-state index contributed by atoms with van der Waals surface area (Å²) in [5.74, 6) is 2.22. The Kier molecular flexibility index (Phi) is 4.28. The maximum Gasteiger partial charge on any atom is 0.229 e. The van der Waals surface area contributed by atoms with E-state index in [-0.39, 0.29) is 0 Å². The van der Waals surface area contributed by atoms with Gasteiger partial charge in [0.1, 0.15) is 11.6 Å². The summed E-state index contributed by atoms with van der Waals surface area (Å²) in [6.45, 7) is 6.67. The maximum absolute atomic E-state index is 5.32. The van der Waals surface area contributed by atoms with Gasteiger partial charge in [0.2, 0.25) is 5.95 Å². The minimum atomic E-state index is 0.584. The number of benzene rings is 1. The molecule has 0 spiro atoms. The second-order valence-corrected chi connectivity index (χ2v) is 5.59. The molecule has 23 heavy (non-hydrogen) atoms. The van der Waals surface area contributed by atoms with E-state index in [1.54, 1.807) is 6.26 Å². The molecule has 3 rings (SSSR count). The summed E-state index contributed by atoms with van der Waals surface area (Å²) >= 11 is 0. The van der Waals surface area contributed by atoms with Crippen LogP contribution in [0.2, 0.25) is 0 Å². The zero-order valence-electron chi connectivity index (χ0n) is 13.6. The Morgan fingerprint density at radius 3 is 2.70 bits per heavy atom. The third-order valence-electron chi connectivity index (χ3n) is 3.52. The number of anilines is 3. The smallest absolute Gasteiger partial charge is 0.229 e. The predicted octanol–water partition coefficient (Wildman–Crippen LogP) is 4.35. The van der Waals surface area contributed by atoms with Gasteiger partial charge in [0.25, 0.3) is 0 Å². The quantitative estimate of drug-likeness (QED) is 0.733. The molecule has 0 unspecified atom stereocenters. The first-order valence-corrected chi connectivity index (χ1v) is 7.56. The molecule has 0 amide bonds. The van der Waals surface area contributed by atoms with E-state index < -0.39 is 0 Å². The van der Waals surface area contributed by atoms with E-state index in [9.17, 15) is 0 Å². The summed E-state index contributed by atoms with van der Waals surface area (Å²) in [4.78, 5) is 8.98. The lowest BCUT2D eigenvalue weighted by Gasteiger charge is -2.11. The second-order valence-electron chi connectivity index (χ2n) is 5.59. The van der Waals surface area contributed by atoms with Crippen LogP contribution in [0.15, 0.2) is 47.1 Å². The molecule has 0 saturated heterocycles. The van der Waals surface area contributed by atoms with Gasteiger partial charge in [-0.05, 0) is 50.1 Å². The highest BCUT2D eigenvalue weighted by molar-refractivity contribution is 5.60. The Balaban J connectivity index is 1.78. The van der Waals surface area contributed by atoms with Crippen LogP contribution in [0.1, 0.15) is 22.6 Å². The van der Waals surface area contributed by atoms with Crippen LogP contribution >= 0.6 is 0 Å². The van der Waals surface area contributed by atoms with Gasteiger partial charge in [0.05, 0.1) is 12.8 Å². The number of nitrogens with one attached hydrogen (secondary N) is 2. The molecule has 118 valence electrons. The first-order valence-electron chi connectivity index (χ1n) is 7.56. The average Bonchev–Trinajstić information content (AvgIpc) is 3.02. The predicted molar refractivity (Wildman–Crippen MR) is 92.0 cm³/mol. The van der Waals surface area contributed by atoms with Crippen molar-refractivity contribution in [2.24, 2.45) is 0 Å². The number of hydrogen-bond donors (Lipinski definition) is 2. The van der Waals surface area contributed by atoms with Crippen molar-refractivity contribution in [3.63, 3.8) is 0 Å². The topological polar surface area (TPSA) is 63.0 Å². The fraction of sp³-hybridized carbons (Fsp3) is 0.222. The van der Waals surface area contributed by atoms with Crippen molar-refractivity contribution in [3.8, 4) is 0 Å². The van der Waals surface area contributed by atoms with Crippen LogP contribution in [0.25, 0.3) is 0 Å². The second kappa shape index (κ2) is 6.52. The fourth-order valence-electron chi connectivity index (χ4n) is 2.30. The minimum Gasteiger partial charge on any atom is -0.467 e. The molecular weight excluding hydrogens is 288 g/mol. The number of furan rings is 1. The van der Waals surface area contributed by atoms with Crippen molar-refractivity contribution in [2.75, 3.05) is 10.6 Å². The van der Waals surface area contributed by atoms with Gasteiger partial charge in [0.15, 0.2) is 0 Å². The molecular formula is C18H20N4O. The number of aromatic nitrogens is 2. The van der Waals surface area contributed by atoms with E-state index in [0.29, 0.717) is 12.5 Å².